The van der Waals surface area contributed by atoms with Crippen molar-refractivity contribution in [3.05, 3.63) is 0 Å². The molecule has 13 nitrogen and oxygen atoms in total. The van der Waals surface area contributed by atoms with Crippen LogP contribution < -0.4 is 0 Å². The van der Waals surface area contributed by atoms with Crippen LogP contribution in [0.2, 0.25) is 0 Å². The summed E-state index contributed by atoms with van der Waals surface area (Å²) in [6.45, 7) is -3.00. The van der Waals surface area contributed by atoms with Gasteiger partial charge in [0.25, 0.3) is 0 Å². The minimum atomic E-state index is -1.67. The van der Waals surface area contributed by atoms with Crippen molar-refractivity contribution in [2.45, 2.75) is 17.4 Å². The van der Waals surface area contributed by atoms with Crippen LogP contribution in [-0.2, 0) is 61.9 Å². The van der Waals surface area contributed by atoms with Gasteiger partial charge >= 0.3 is 35.8 Å². The van der Waals surface area contributed by atoms with Crippen molar-refractivity contribution in [3.8, 4) is 0 Å². The van der Waals surface area contributed by atoms with E-state index in [9.17, 15) is 28.8 Å². The SMILES string of the molecule is O=C(CCl)OCCC(COC(=O)CCl)(COC(=O)CCl)OCC(Cl)C(=O)OCC(COC(=O)CCl)COC(=O)CCl. The van der Waals surface area contributed by atoms with Crippen LogP contribution in [0.1, 0.15) is 6.42 Å². The third-order valence-corrected chi connectivity index (χ3v) is 5.97. The fourth-order valence-corrected chi connectivity index (χ4v) is 3.00. The van der Waals surface area contributed by atoms with Crippen molar-refractivity contribution in [1.82, 2.24) is 0 Å². The Bertz CT molecular complexity index is 820. The lowest BCUT2D eigenvalue weighted by molar-refractivity contribution is -0.177. The van der Waals surface area contributed by atoms with Gasteiger partial charge in [0.2, 0.25) is 0 Å². The Hall–Kier alpha value is -1.48. The Morgan fingerprint density at radius 3 is 1.37 bits per heavy atom. The lowest BCUT2D eigenvalue weighted by Gasteiger charge is -2.33. The number of carbonyl (C=O) groups excluding carboxylic acids is 6. The number of rotatable bonds is 22. The van der Waals surface area contributed by atoms with E-state index in [0.29, 0.717) is 0 Å². The number of alkyl halides is 6. The van der Waals surface area contributed by atoms with Crippen LogP contribution >= 0.6 is 69.6 Å². The third kappa shape index (κ3) is 18.6. The highest BCUT2D eigenvalue weighted by molar-refractivity contribution is 6.30. The molecule has 0 rings (SSSR count). The first-order chi connectivity index (χ1) is 19.4. The van der Waals surface area contributed by atoms with Gasteiger partial charge in [-0.05, 0) is 0 Å². The maximum absolute atomic E-state index is 12.5. The molecule has 0 amide bonds. The summed E-state index contributed by atoms with van der Waals surface area (Å²) in [7, 11) is 0. The minimum Gasteiger partial charge on any atom is -0.465 e. The molecule has 0 radical (unpaired) electrons. The van der Waals surface area contributed by atoms with Crippen molar-refractivity contribution >= 4 is 105 Å². The topological polar surface area (TPSA) is 167 Å². The predicted molar refractivity (Wildman–Crippen MR) is 146 cm³/mol. The second-order valence-electron chi connectivity index (χ2n) is 7.78. The smallest absolute Gasteiger partial charge is 0.326 e. The van der Waals surface area contributed by atoms with Crippen LogP contribution in [0.5, 0.6) is 0 Å². The molecule has 0 heterocycles. The first kappa shape index (κ1) is 39.5. The molecule has 1 unspecified atom stereocenters. The molecule has 19 heteroatoms. The summed E-state index contributed by atoms with van der Waals surface area (Å²) in [5, 5.41) is -1.47. The van der Waals surface area contributed by atoms with Gasteiger partial charge in [0.15, 0.2) is 5.38 Å². The molecule has 0 aromatic carbocycles. The summed E-state index contributed by atoms with van der Waals surface area (Å²) in [5.41, 5.74) is -1.67. The number of hydrogen-bond acceptors (Lipinski definition) is 13. The Kier molecular flexibility index (Phi) is 22.2. The monoisotopic (exact) mass is 710 g/mol. The summed E-state index contributed by atoms with van der Waals surface area (Å²) in [6.07, 6.45) is -0.209. The van der Waals surface area contributed by atoms with Gasteiger partial charge in [0.05, 0.1) is 19.1 Å². The normalized spacial score (nSPS) is 11.8. The average Bonchev–Trinajstić information content (AvgIpc) is 2.99. The molecule has 0 saturated carbocycles. The maximum Gasteiger partial charge on any atom is 0.326 e. The predicted octanol–water partition coefficient (Wildman–Crippen LogP) is 1.81. The van der Waals surface area contributed by atoms with Crippen LogP contribution in [0.15, 0.2) is 0 Å². The zero-order valence-electron chi connectivity index (χ0n) is 21.4. The van der Waals surface area contributed by atoms with Gasteiger partial charge in [0, 0.05) is 6.42 Å². The van der Waals surface area contributed by atoms with Crippen LogP contribution in [0.3, 0.4) is 0 Å². The summed E-state index contributed by atoms with van der Waals surface area (Å²) in [4.78, 5) is 70.1. The van der Waals surface area contributed by atoms with E-state index in [2.05, 4.69) is 0 Å². The first-order valence-electron chi connectivity index (χ1n) is 11.5. The zero-order chi connectivity index (χ0) is 31.3. The van der Waals surface area contributed by atoms with Crippen LogP contribution in [-0.4, -0.2) is 122 Å². The van der Waals surface area contributed by atoms with Gasteiger partial charge in [-0.3, -0.25) is 28.8 Å². The molecule has 0 N–H and O–H groups in total. The molecule has 0 saturated heterocycles. The molecule has 0 aliphatic heterocycles. The number of halogens is 6. The average molecular weight is 713 g/mol. The summed E-state index contributed by atoms with van der Waals surface area (Å²) >= 11 is 33.3. The number of carbonyl (C=O) groups is 6. The number of esters is 6. The van der Waals surface area contributed by atoms with Crippen molar-refractivity contribution in [2.75, 3.05) is 75.6 Å². The molecule has 0 aliphatic rings. The molecule has 0 spiro atoms. The zero-order valence-corrected chi connectivity index (χ0v) is 26.0. The second-order valence-corrected chi connectivity index (χ2v) is 9.65. The molecule has 1 atom stereocenters. The molecular weight excluding hydrogens is 685 g/mol. The minimum absolute atomic E-state index is 0.209. The maximum atomic E-state index is 12.5. The van der Waals surface area contributed by atoms with Gasteiger partial charge in [-0.15, -0.1) is 69.6 Å². The lowest BCUT2D eigenvalue weighted by Crippen LogP contribution is -2.47. The molecule has 0 aromatic heterocycles. The van der Waals surface area contributed by atoms with Gasteiger partial charge < -0.3 is 33.2 Å². The van der Waals surface area contributed by atoms with Crippen LogP contribution in [0.4, 0.5) is 0 Å². The van der Waals surface area contributed by atoms with Gasteiger partial charge in [-0.1, -0.05) is 0 Å². The highest BCUT2D eigenvalue weighted by Crippen LogP contribution is 2.21. The van der Waals surface area contributed by atoms with Crippen molar-refractivity contribution in [3.63, 3.8) is 0 Å². The highest BCUT2D eigenvalue weighted by atomic mass is 35.5. The van der Waals surface area contributed by atoms with E-state index < -0.39 is 109 Å². The Labute approximate surface area is 265 Å². The van der Waals surface area contributed by atoms with Gasteiger partial charge in [-0.2, -0.15) is 0 Å². The quantitative estimate of drug-likeness (QED) is 0.0907. The molecule has 0 aliphatic carbocycles. The lowest BCUT2D eigenvalue weighted by atomic mass is 10.0. The van der Waals surface area contributed by atoms with Crippen LogP contribution in [0.25, 0.3) is 0 Å². The van der Waals surface area contributed by atoms with E-state index in [1.807, 2.05) is 0 Å². The van der Waals surface area contributed by atoms with Gasteiger partial charge in [-0.25, -0.2) is 0 Å². The van der Waals surface area contributed by atoms with E-state index >= 15 is 0 Å². The van der Waals surface area contributed by atoms with E-state index in [1.54, 1.807) is 0 Å². The van der Waals surface area contributed by atoms with Gasteiger partial charge in [0.1, 0.15) is 68.0 Å². The second kappa shape index (κ2) is 23.0. The standard InChI is InChI=1S/C22H28Cl6O13/c23-3-16(29)35-2-1-22(12-39-19(32)6-26,13-40-20(33)7-27)41-11-15(28)21(34)38-10-14(8-36-17(30)4-24)9-37-18(31)5-25/h14-15H,1-13H2. The first-order valence-corrected chi connectivity index (χ1v) is 14.6. The summed E-state index contributed by atoms with van der Waals surface area (Å²) in [6, 6.07) is 0. The molecule has 0 bridgehead atoms. The number of ether oxygens (including phenoxy) is 7. The van der Waals surface area contributed by atoms with Crippen molar-refractivity contribution < 1.29 is 61.9 Å². The van der Waals surface area contributed by atoms with Crippen LogP contribution in [0, 0.1) is 5.92 Å². The van der Waals surface area contributed by atoms with E-state index in [4.69, 9.17) is 103 Å². The molecule has 0 fully saturated rings. The van der Waals surface area contributed by atoms with E-state index in [0.717, 1.165) is 0 Å². The molecular formula is C22H28Cl6O13. The molecule has 236 valence electrons. The fraction of sp³-hybridized carbons (Fsp3) is 0.727. The molecule has 0 aromatic rings. The van der Waals surface area contributed by atoms with Crippen molar-refractivity contribution in [2.24, 2.45) is 5.92 Å². The van der Waals surface area contributed by atoms with E-state index in [-0.39, 0.29) is 26.2 Å². The largest absolute Gasteiger partial charge is 0.465 e. The van der Waals surface area contributed by atoms with E-state index in [1.165, 1.54) is 0 Å². The third-order valence-electron chi connectivity index (χ3n) is 4.57. The number of hydrogen-bond donors (Lipinski definition) is 0. The Morgan fingerprint density at radius 2 is 0.927 bits per heavy atom. The highest BCUT2D eigenvalue weighted by Gasteiger charge is 2.37. The molecule has 41 heavy (non-hydrogen) atoms. The summed E-state index contributed by atoms with van der Waals surface area (Å²) < 4.78 is 35.7. The van der Waals surface area contributed by atoms with Crippen molar-refractivity contribution in [1.29, 1.82) is 0 Å². The summed E-state index contributed by atoms with van der Waals surface area (Å²) in [5.74, 6) is -8.08. The Balaban J connectivity index is 5.46. The Morgan fingerprint density at radius 1 is 0.537 bits per heavy atom. The fourth-order valence-electron chi connectivity index (χ4n) is 2.48.